The van der Waals surface area contributed by atoms with Gasteiger partial charge in [-0.3, -0.25) is 0 Å². The molecule has 18 heavy (non-hydrogen) atoms. The third-order valence-corrected chi connectivity index (χ3v) is 2.05. The van der Waals surface area contributed by atoms with Crippen LogP contribution in [0.1, 0.15) is 18.9 Å². The molecule has 0 aliphatic heterocycles. The first-order valence-electron chi connectivity index (χ1n) is 4.81. The Morgan fingerprint density at radius 1 is 1.11 bits per heavy atom. The van der Waals surface area contributed by atoms with E-state index in [4.69, 9.17) is 5.11 Å². The van der Waals surface area contributed by atoms with Crippen molar-refractivity contribution in [2.24, 2.45) is 0 Å². The van der Waals surface area contributed by atoms with Crippen LogP contribution in [-0.2, 0) is 0 Å². The highest BCUT2D eigenvalue weighted by Crippen LogP contribution is 2.29. The standard InChI is InChI=1S/C11H8F6O/c1-4(18)2-6(12)8(14)5-3-7(13)10(16)11(17)9(5)15/h3-4,18H,2H2,1H3. The van der Waals surface area contributed by atoms with Crippen molar-refractivity contribution >= 4 is 5.83 Å². The van der Waals surface area contributed by atoms with Gasteiger partial charge in [0.2, 0.25) is 0 Å². The van der Waals surface area contributed by atoms with Crippen molar-refractivity contribution in [2.75, 3.05) is 0 Å². The molecule has 1 atom stereocenters. The van der Waals surface area contributed by atoms with E-state index in [2.05, 4.69) is 0 Å². The number of aliphatic hydroxyl groups excluding tert-OH is 1. The molecule has 1 aromatic carbocycles. The topological polar surface area (TPSA) is 20.2 Å². The second-order valence-corrected chi connectivity index (χ2v) is 3.62. The molecule has 0 aliphatic carbocycles. The Morgan fingerprint density at radius 2 is 1.67 bits per heavy atom. The molecule has 1 N–H and O–H groups in total. The Hall–Kier alpha value is -1.50. The molecule has 0 aromatic heterocycles. The van der Waals surface area contributed by atoms with Crippen LogP contribution in [0, 0.1) is 23.3 Å². The summed E-state index contributed by atoms with van der Waals surface area (Å²) in [5.41, 5.74) is -1.37. The average Bonchev–Trinajstić information content (AvgIpc) is 2.29. The lowest BCUT2D eigenvalue weighted by atomic mass is 10.1. The van der Waals surface area contributed by atoms with E-state index < -0.39 is 53.0 Å². The predicted molar refractivity (Wildman–Crippen MR) is 51.7 cm³/mol. The molecule has 1 unspecified atom stereocenters. The minimum absolute atomic E-state index is 0.00466. The summed E-state index contributed by atoms with van der Waals surface area (Å²) in [6, 6.07) is 0.00466. The minimum atomic E-state index is -2.23. The SMILES string of the molecule is CC(O)CC(F)=C(F)c1cc(F)c(F)c(F)c1F. The molecule has 0 spiro atoms. The highest BCUT2D eigenvalue weighted by atomic mass is 19.2. The van der Waals surface area contributed by atoms with Crippen LogP contribution in [0.4, 0.5) is 26.3 Å². The zero-order valence-corrected chi connectivity index (χ0v) is 9.08. The summed E-state index contributed by atoms with van der Waals surface area (Å²) in [4.78, 5) is 0. The summed E-state index contributed by atoms with van der Waals surface area (Å²) in [6.45, 7) is 1.13. The summed E-state index contributed by atoms with van der Waals surface area (Å²) >= 11 is 0. The Morgan fingerprint density at radius 3 is 2.17 bits per heavy atom. The van der Waals surface area contributed by atoms with Gasteiger partial charge in [0.1, 0.15) is 5.83 Å². The van der Waals surface area contributed by atoms with E-state index >= 15 is 0 Å². The highest BCUT2D eigenvalue weighted by molar-refractivity contribution is 5.61. The lowest BCUT2D eigenvalue weighted by Gasteiger charge is -2.06. The summed E-state index contributed by atoms with van der Waals surface area (Å²) in [5, 5.41) is 8.80. The van der Waals surface area contributed by atoms with E-state index in [9.17, 15) is 26.3 Å². The lowest BCUT2D eigenvalue weighted by Crippen LogP contribution is -2.03. The highest BCUT2D eigenvalue weighted by Gasteiger charge is 2.23. The maximum absolute atomic E-state index is 13.3. The smallest absolute Gasteiger partial charge is 0.198 e. The van der Waals surface area contributed by atoms with Gasteiger partial charge in [0, 0.05) is 6.42 Å². The van der Waals surface area contributed by atoms with Crippen molar-refractivity contribution < 1.29 is 31.4 Å². The maximum atomic E-state index is 13.3. The fraction of sp³-hybridized carbons (Fsp3) is 0.273. The van der Waals surface area contributed by atoms with E-state index in [1.54, 1.807) is 0 Å². The summed E-state index contributed by atoms with van der Waals surface area (Å²) < 4.78 is 77.7. The molecule has 7 heteroatoms. The number of rotatable bonds is 3. The van der Waals surface area contributed by atoms with Crippen molar-refractivity contribution in [1.29, 1.82) is 0 Å². The monoisotopic (exact) mass is 270 g/mol. The van der Waals surface area contributed by atoms with Gasteiger partial charge >= 0.3 is 0 Å². The summed E-state index contributed by atoms with van der Waals surface area (Å²) in [6.07, 6.45) is -2.07. The predicted octanol–water partition coefficient (Wildman–Crippen LogP) is 3.62. The molecule has 0 radical (unpaired) electrons. The van der Waals surface area contributed by atoms with Gasteiger partial charge in [0.25, 0.3) is 0 Å². The Balaban J connectivity index is 3.34. The molecule has 1 nitrogen and oxygen atoms in total. The van der Waals surface area contributed by atoms with Crippen molar-refractivity contribution in [1.82, 2.24) is 0 Å². The fourth-order valence-corrected chi connectivity index (χ4v) is 1.23. The van der Waals surface area contributed by atoms with Crippen LogP contribution in [0.5, 0.6) is 0 Å². The van der Waals surface area contributed by atoms with Crippen LogP contribution in [0.3, 0.4) is 0 Å². The first-order chi connectivity index (χ1) is 8.25. The van der Waals surface area contributed by atoms with Crippen LogP contribution in [-0.4, -0.2) is 11.2 Å². The molecular weight excluding hydrogens is 262 g/mol. The molecule has 100 valence electrons. The minimum Gasteiger partial charge on any atom is -0.393 e. The largest absolute Gasteiger partial charge is 0.393 e. The summed E-state index contributed by atoms with van der Waals surface area (Å²) in [7, 11) is 0. The van der Waals surface area contributed by atoms with E-state index in [1.165, 1.54) is 0 Å². The first kappa shape index (κ1) is 14.6. The average molecular weight is 270 g/mol. The molecule has 1 aromatic rings. The number of hydrogen-bond acceptors (Lipinski definition) is 1. The first-order valence-corrected chi connectivity index (χ1v) is 4.81. The molecule has 0 heterocycles. The van der Waals surface area contributed by atoms with Crippen molar-refractivity contribution in [2.45, 2.75) is 19.4 Å². The normalized spacial score (nSPS) is 14.4. The van der Waals surface area contributed by atoms with Gasteiger partial charge in [0.05, 0.1) is 11.7 Å². The number of benzene rings is 1. The zero-order valence-electron chi connectivity index (χ0n) is 9.08. The molecule has 0 saturated heterocycles. The fourth-order valence-electron chi connectivity index (χ4n) is 1.23. The van der Waals surface area contributed by atoms with Gasteiger partial charge in [-0.2, -0.15) is 0 Å². The quantitative estimate of drug-likeness (QED) is 0.505. The number of hydrogen-bond donors (Lipinski definition) is 1. The Kier molecular flexibility index (Phi) is 4.39. The van der Waals surface area contributed by atoms with E-state index in [-0.39, 0.29) is 6.07 Å². The molecule has 0 amide bonds. The van der Waals surface area contributed by atoms with Crippen molar-refractivity contribution in [3.05, 3.63) is 40.7 Å². The Labute approximate surface area is 98.4 Å². The number of halogens is 6. The molecule has 0 aliphatic rings. The summed E-state index contributed by atoms with van der Waals surface area (Å²) in [5.74, 6) is -11.7. The Bertz CT molecular complexity index is 495. The molecule has 1 rings (SSSR count). The van der Waals surface area contributed by atoms with Gasteiger partial charge in [-0.1, -0.05) is 0 Å². The van der Waals surface area contributed by atoms with Gasteiger partial charge in [-0.15, -0.1) is 0 Å². The second-order valence-electron chi connectivity index (χ2n) is 3.62. The molecule has 0 bridgehead atoms. The van der Waals surface area contributed by atoms with E-state index in [1.807, 2.05) is 0 Å². The second kappa shape index (κ2) is 5.43. The molecule has 0 fully saturated rings. The van der Waals surface area contributed by atoms with Gasteiger partial charge in [-0.05, 0) is 13.0 Å². The number of aliphatic hydroxyl groups is 1. The van der Waals surface area contributed by atoms with Gasteiger partial charge < -0.3 is 5.11 Å². The van der Waals surface area contributed by atoms with Crippen LogP contribution < -0.4 is 0 Å². The van der Waals surface area contributed by atoms with Crippen LogP contribution >= 0.6 is 0 Å². The van der Waals surface area contributed by atoms with Crippen LogP contribution in [0.15, 0.2) is 11.9 Å². The van der Waals surface area contributed by atoms with Crippen LogP contribution in [0.2, 0.25) is 0 Å². The maximum Gasteiger partial charge on any atom is 0.198 e. The molecular formula is C11H8F6O. The third-order valence-electron chi connectivity index (χ3n) is 2.05. The van der Waals surface area contributed by atoms with Crippen molar-refractivity contribution in [3.8, 4) is 0 Å². The molecule has 0 saturated carbocycles. The van der Waals surface area contributed by atoms with Gasteiger partial charge in [0.15, 0.2) is 29.1 Å². The van der Waals surface area contributed by atoms with Gasteiger partial charge in [-0.25, -0.2) is 26.3 Å². The van der Waals surface area contributed by atoms with E-state index in [0.29, 0.717) is 0 Å². The zero-order chi connectivity index (χ0) is 14.0. The lowest BCUT2D eigenvalue weighted by molar-refractivity contribution is 0.187. The van der Waals surface area contributed by atoms with E-state index in [0.717, 1.165) is 6.92 Å². The van der Waals surface area contributed by atoms with Crippen LogP contribution in [0.25, 0.3) is 5.83 Å². The van der Waals surface area contributed by atoms with Crippen molar-refractivity contribution in [3.63, 3.8) is 0 Å². The third kappa shape index (κ3) is 2.84.